The Morgan fingerprint density at radius 3 is 1.55 bits per heavy atom. The molecule has 0 fully saturated rings. The number of hydrogen-bond acceptors (Lipinski definition) is 4. The van der Waals surface area contributed by atoms with Crippen molar-refractivity contribution in [3.05, 3.63) is 188 Å². The minimum atomic E-state index is 0.580. The summed E-state index contributed by atoms with van der Waals surface area (Å²) < 4.78 is 6.90. The van der Waals surface area contributed by atoms with Gasteiger partial charge in [0.05, 0.1) is 16.8 Å². The molecule has 0 aliphatic heterocycles. The summed E-state index contributed by atoms with van der Waals surface area (Å²) in [5, 5.41) is 4.42. The normalized spacial score (nSPS) is 11.3. The fourth-order valence-corrected chi connectivity index (χ4v) is 6.77. The summed E-state index contributed by atoms with van der Waals surface area (Å²) in [4.78, 5) is 9.88. The first-order chi connectivity index (χ1) is 24.3. The van der Waals surface area contributed by atoms with Gasteiger partial charge >= 0.3 is 0 Å². The van der Waals surface area contributed by atoms with Crippen molar-refractivity contribution < 1.29 is 4.42 Å². The molecule has 0 spiro atoms. The van der Waals surface area contributed by atoms with E-state index in [2.05, 4.69) is 155 Å². The van der Waals surface area contributed by atoms with Crippen molar-refractivity contribution in [2.45, 2.75) is 0 Å². The van der Waals surface area contributed by atoms with Gasteiger partial charge in [-0.2, -0.15) is 0 Å². The van der Waals surface area contributed by atoms with Gasteiger partial charge in [0.1, 0.15) is 5.52 Å². The van der Waals surface area contributed by atoms with Crippen LogP contribution in [0.15, 0.2) is 192 Å². The lowest BCUT2D eigenvalue weighted by Gasteiger charge is -2.28. The molecule has 9 rings (SSSR count). The largest absolute Gasteiger partial charge is 0.435 e. The number of oxazole rings is 1. The molecular weight excluding hydrogens is 599 g/mol. The summed E-state index contributed by atoms with van der Waals surface area (Å²) in [7, 11) is 0. The molecule has 0 atom stereocenters. The summed E-state index contributed by atoms with van der Waals surface area (Å²) in [6, 6.07) is 65.5. The van der Waals surface area contributed by atoms with Gasteiger partial charge in [0, 0.05) is 28.3 Å². The van der Waals surface area contributed by atoms with Gasteiger partial charge in [-0.05, 0) is 89.0 Å². The number of nitrogens with zero attached hydrogens (tertiary/aromatic N) is 3. The van der Waals surface area contributed by atoms with Crippen molar-refractivity contribution in [1.29, 1.82) is 0 Å². The predicted octanol–water partition coefficient (Wildman–Crippen LogP) is 12.7. The van der Waals surface area contributed by atoms with Crippen molar-refractivity contribution in [2.75, 3.05) is 9.80 Å². The van der Waals surface area contributed by atoms with E-state index in [9.17, 15) is 0 Å². The van der Waals surface area contributed by atoms with Crippen LogP contribution < -0.4 is 9.80 Å². The highest BCUT2D eigenvalue weighted by atomic mass is 16.3. The fourth-order valence-electron chi connectivity index (χ4n) is 6.77. The standard InChI is InChI=1S/C45H31N3O/c1-5-17-33(18-6-1)45-46-43-41(48(38-25-11-4-12-26-38)39-29-28-32-16-13-14-19-34(32)30-39)31-35-20-15-27-40(42(35)44(43)49-45)47(36-21-7-2-8-22-36)37-23-9-3-10-24-37/h1-31H. The minimum absolute atomic E-state index is 0.580. The van der Waals surface area contributed by atoms with Gasteiger partial charge in [0.25, 0.3) is 0 Å². The summed E-state index contributed by atoms with van der Waals surface area (Å²) in [6.07, 6.45) is 0. The summed E-state index contributed by atoms with van der Waals surface area (Å²) in [5.41, 5.74) is 8.60. The molecule has 9 aromatic rings. The first kappa shape index (κ1) is 28.6. The average Bonchev–Trinajstić information content (AvgIpc) is 3.63. The van der Waals surface area contributed by atoms with Crippen molar-refractivity contribution >= 4 is 66.8 Å². The third-order valence-corrected chi connectivity index (χ3v) is 9.00. The number of fused-ring (bicyclic) bond motifs is 4. The van der Waals surface area contributed by atoms with Gasteiger partial charge < -0.3 is 14.2 Å². The number of anilines is 6. The van der Waals surface area contributed by atoms with Gasteiger partial charge in [-0.1, -0.05) is 115 Å². The molecule has 0 radical (unpaired) electrons. The van der Waals surface area contributed by atoms with Crippen LogP contribution in [0.5, 0.6) is 0 Å². The van der Waals surface area contributed by atoms with Crippen molar-refractivity contribution in [2.24, 2.45) is 0 Å². The maximum Gasteiger partial charge on any atom is 0.227 e. The highest BCUT2D eigenvalue weighted by Gasteiger charge is 2.25. The summed E-state index contributed by atoms with van der Waals surface area (Å²) in [5.74, 6) is 0.580. The molecule has 0 amide bonds. The molecule has 0 unspecified atom stereocenters. The quantitative estimate of drug-likeness (QED) is 0.176. The van der Waals surface area contributed by atoms with Gasteiger partial charge in [-0.3, -0.25) is 0 Å². The van der Waals surface area contributed by atoms with Crippen LogP contribution in [0.25, 0.3) is 44.1 Å². The highest BCUT2D eigenvalue weighted by Crippen LogP contribution is 2.47. The Balaban J connectivity index is 1.37. The van der Waals surface area contributed by atoms with E-state index >= 15 is 0 Å². The molecule has 0 N–H and O–H groups in total. The summed E-state index contributed by atoms with van der Waals surface area (Å²) >= 11 is 0. The number of aromatic nitrogens is 1. The zero-order chi connectivity index (χ0) is 32.6. The second kappa shape index (κ2) is 12.2. The van der Waals surface area contributed by atoms with Crippen molar-refractivity contribution in [3.8, 4) is 11.5 Å². The Morgan fingerprint density at radius 1 is 0.388 bits per heavy atom. The third kappa shape index (κ3) is 5.16. The van der Waals surface area contributed by atoms with E-state index in [4.69, 9.17) is 9.40 Å². The molecule has 8 aromatic carbocycles. The number of benzene rings is 8. The Hall–Kier alpha value is -6.65. The third-order valence-electron chi connectivity index (χ3n) is 9.00. The van der Waals surface area contributed by atoms with Gasteiger partial charge in [-0.25, -0.2) is 4.98 Å². The Kier molecular flexibility index (Phi) is 7.10. The van der Waals surface area contributed by atoms with Crippen LogP contribution >= 0.6 is 0 Å². The first-order valence-corrected chi connectivity index (χ1v) is 16.5. The Morgan fingerprint density at radius 2 is 0.918 bits per heavy atom. The monoisotopic (exact) mass is 629 g/mol. The molecule has 0 saturated heterocycles. The number of hydrogen-bond donors (Lipinski definition) is 0. The molecule has 0 aliphatic carbocycles. The highest BCUT2D eigenvalue weighted by molar-refractivity contribution is 6.17. The molecular formula is C45H31N3O. The van der Waals surface area contributed by atoms with E-state index < -0.39 is 0 Å². The van der Waals surface area contributed by atoms with E-state index in [-0.39, 0.29) is 0 Å². The lowest BCUT2D eigenvalue weighted by Crippen LogP contribution is -2.12. The van der Waals surface area contributed by atoms with Crippen LogP contribution in [0.4, 0.5) is 34.1 Å². The number of para-hydroxylation sites is 3. The second-order valence-corrected chi connectivity index (χ2v) is 12.0. The van der Waals surface area contributed by atoms with Gasteiger partial charge in [0.15, 0.2) is 5.58 Å². The van der Waals surface area contributed by atoms with E-state index in [0.29, 0.717) is 5.89 Å². The maximum absolute atomic E-state index is 6.90. The zero-order valence-corrected chi connectivity index (χ0v) is 26.6. The van der Waals surface area contributed by atoms with Crippen LogP contribution in [0, 0.1) is 0 Å². The average molecular weight is 630 g/mol. The zero-order valence-electron chi connectivity index (χ0n) is 26.6. The second-order valence-electron chi connectivity index (χ2n) is 12.0. The molecule has 0 saturated carbocycles. The molecule has 49 heavy (non-hydrogen) atoms. The van der Waals surface area contributed by atoms with Crippen LogP contribution in [-0.2, 0) is 0 Å². The molecule has 1 aromatic heterocycles. The lowest BCUT2D eigenvalue weighted by molar-refractivity contribution is 0.623. The van der Waals surface area contributed by atoms with Gasteiger partial charge in [0.2, 0.25) is 5.89 Å². The number of rotatable bonds is 7. The Labute approximate surface area is 284 Å². The molecule has 4 heteroatoms. The van der Waals surface area contributed by atoms with Crippen LogP contribution in [-0.4, -0.2) is 4.98 Å². The minimum Gasteiger partial charge on any atom is -0.435 e. The van der Waals surface area contributed by atoms with E-state index in [0.717, 1.165) is 61.6 Å². The molecule has 4 nitrogen and oxygen atoms in total. The van der Waals surface area contributed by atoms with Crippen molar-refractivity contribution in [3.63, 3.8) is 0 Å². The first-order valence-electron chi connectivity index (χ1n) is 16.5. The molecule has 1 heterocycles. The van der Waals surface area contributed by atoms with Gasteiger partial charge in [-0.15, -0.1) is 0 Å². The fraction of sp³-hybridized carbons (Fsp3) is 0. The van der Waals surface area contributed by atoms with Crippen LogP contribution in [0.1, 0.15) is 0 Å². The van der Waals surface area contributed by atoms with E-state index in [1.807, 2.05) is 42.5 Å². The van der Waals surface area contributed by atoms with E-state index in [1.54, 1.807) is 0 Å². The SMILES string of the molecule is c1ccc(-c2nc3c(N(c4ccccc4)c4ccc5ccccc5c4)cc4cccc(N(c5ccccc5)c5ccccc5)c4c3o2)cc1. The van der Waals surface area contributed by atoms with Crippen LogP contribution in [0.3, 0.4) is 0 Å². The molecule has 0 bridgehead atoms. The predicted molar refractivity (Wildman–Crippen MR) is 204 cm³/mol. The van der Waals surface area contributed by atoms with Crippen LogP contribution in [0.2, 0.25) is 0 Å². The van der Waals surface area contributed by atoms with E-state index in [1.165, 1.54) is 10.8 Å². The van der Waals surface area contributed by atoms with Crippen molar-refractivity contribution in [1.82, 2.24) is 4.98 Å². The smallest absolute Gasteiger partial charge is 0.227 e. The Bertz CT molecular complexity index is 2510. The lowest BCUT2D eigenvalue weighted by atomic mass is 10.0. The topological polar surface area (TPSA) is 32.5 Å². The molecule has 0 aliphatic rings. The summed E-state index contributed by atoms with van der Waals surface area (Å²) in [6.45, 7) is 0. The molecule has 232 valence electrons. The maximum atomic E-state index is 6.90.